The van der Waals surface area contributed by atoms with E-state index in [9.17, 15) is 9.59 Å². The van der Waals surface area contributed by atoms with Gasteiger partial charge in [-0.1, -0.05) is 0 Å². The van der Waals surface area contributed by atoms with Crippen LogP contribution in [-0.4, -0.2) is 74.6 Å². The van der Waals surface area contributed by atoms with Crippen LogP contribution in [0.15, 0.2) is 33.8 Å². The molecule has 2 fully saturated rings. The number of rotatable bonds is 7. The van der Waals surface area contributed by atoms with Gasteiger partial charge in [-0.2, -0.15) is 4.68 Å². The molecule has 0 aromatic carbocycles. The highest BCUT2D eigenvalue weighted by atomic mass is 16.5. The molecule has 2 aliphatic heterocycles. The molecule has 1 amide bonds. The highest BCUT2D eigenvalue weighted by molar-refractivity contribution is 5.94. The van der Waals surface area contributed by atoms with Gasteiger partial charge in [0.2, 0.25) is 5.91 Å². The molecule has 4 rings (SSSR count). The Kier molecular flexibility index (Phi) is 6.24. The van der Waals surface area contributed by atoms with Gasteiger partial charge in [-0.25, -0.2) is 9.79 Å². The summed E-state index contributed by atoms with van der Waals surface area (Å²) in [6.45, 7) is 10.9. The first-order valence-corrected chi connectivity index (χ1v) is 11.1. The van der Waals surface area contributed by atoms with E-state index in [0.29, 0.717) is 24.5 Å². The molecule has 176 valence electrons. The van der Waals surface area contributed by atoms with Gasteiger partial charge >= 0.3 is 5.97 Å². The Morgan fingerprint density at radius 3 is 2.67 bits per heavy atom. The van der Waals surface area contributed by atoms with E-state index in [2.05, 4.69) is 44.5 Å². The fourth-order valence-corrected chi connectivity index (χ4v) is 4.74. The summed E-state index contributed by atoms with van der Waals surface area (Å²) in [5.74, 6) is 0.265. The van der Waals surface area contributed by atoms with Crippen molar-refractivity contribution in [2.24, 2.45) is 15.4 Å². The lowest BCUT2D eigenvalue weighted by molar-refractivity contribution is -0.138. The number of nitrogens with zero attached hydrogens (tertiary/aromatic N) is 7. The van der Waals surface area contributed by atoms with Gasteiger partial charge in [0.25, 0.3) is 0 Å². The zero-order valence-corrected chi connectivity index (χ0v) is 19.4. The van der Waals surface area contributed by atoms with E-state index in [-0.39, 0.29) is 29.4 Å². The fraction of sp³-hybridized carbons (Fsp3) is 0.591. The van der Waals surface area contributed by atoms with E-state index >= 15 is 0 Å². The number of carbonyl (C=O) groups excluding carboxylic acids is 2. The van der Waals surface area contributed by atoms with Crippen molar-refractivity contribution in [3.05, 3.63) is 23.8 Å². The standard InChI is InChI=1S/C22H30N8O3/c1-15(24-12-18(23-4)30-14-26-27-28-30)11-25-21(3)5-7-22(8-6-21)9-10-29(20(22)32)17-13-33-19(31)16(17)2/h12,14,25H,4-11,13H2,1-3H3/b18-12+,24-15+. The lowest BCUT2D eigenvalue weighted by Gasteiger charge is -2.42. The lowest BCUT2D eigenvalue weighted by atomic mass is 9.67. The van der Waals surface area contributed by atoms with Gasteiger partial charge in [0.1, 0.15) is 12.9 Å². The molecule has 1 saturated carbocycles. The van der Waals surface area contributed by atoms with Crippen LogP contribution in [-0.2, 0) is 14.3 Å². The van der Waals surface area contributed by atoms with E-state index in [4.69, 9.17) is 4.74 Å². The predicted molar refractivity (Wildman–Crippen MR) is 122 cm³/mol. The maximum Gasteiger partial charge on any atom is 0.336 e. The minimum Gasteiger partial charge on any atom is -0.456 e. The van der Waals surface area contributed by atoms with Crippen LogP contribution in [0.25, 0.3) is 5.82 Å². The second-order valence-corrected chi connectivity index (χ2v) is 9.31. The summed E-state index contributed by atoms with van der Waals surface area (Å²) in [4.78, 5) is 35.2. The third kappa shape index (κ3) is 4.50. The Morgan fingerprint density at radius 1 is 1.30 bits per heavy atom. The molecule has 1 aromatic rings. The second-order valence-electron chi connectivity index (χ2n) is 9.31. The number of esters is 1. The molecular weight excluding hydrogens is 424 g/mol. The molecule has 0 radical (unpaired) electrons. The summed E-state index contributed by atoms with van der Waals surface area (Å²) in [7, 11) is 0. The Bertz CT molecular complexity index is 1030. The molecule has 11 heteroatoms. The summed E-state index contributed by atoms with van der Waals surface area (Å²) in [5, 5.41) is 14.6. The maximum absolute atomic E-state index is 13.3. The highest BCUT2D eigenvalue weighted by Crippen LogP contribution is 2.48. The molecule has 11 nitrogen and oxygen atoms in total. The normalized spacial score (nSPS) is 28.8. The number of likely N-dealkylation sites (tertiary alicyclic amines) is 1. The number of ether oxygens (including phenoxy) is 1. The van der Waals surface area contributed by atoms with E-state index in [1.165, 1.54) is 11.0 Å². The minimum absolute atomic E-state index is 0.0730. The van der Waals surface area contributed by atoms with Crippen molar-refractivity contribution in [3.63, 3.8) is 0 Å². The van der Waals surface area contributed by atoms with Crippen molar-refractivity contribution in [1.29, 1.82) is 0 Å². The van der Waals surface area contributed by atoms with Gasteiger partial charge in [-0.3, -0.25) is 9.79 Å². The first kappa shape index (κ1) is 23.0. The molecular formula is C22H30N8O3. The zero-order valence-electron chi connectivity index (χ0n) is 19.4. The number of hydrogen-bond donors (Lipinski definition) is 1. The van der Waals surface area contributed by atoms with Crippen molar-refractivity contribution >= 4 is 30.1 Å². The number of carbonyl (C=O) groups is 2. The molecule has 1 N–H and O–H groups in total. The number of hydrogen-bond acceptors (Lipinski definition) is 9. The third-order valence-corrected chi connectivity index (χ3v) is 7.15. The topological polar surface area (TPSA) is 127 Å². The molecule has 0 bridgehead atoms. The van der Waals surface area contributed by atoms with Crippen LogP contribution in [0.5, 0.6) is 0 Å². The number of aromatic nitrogens is 4. The van der Waals surface area contributed by atoms with Crippen molar-refractivity contribution in [2.75, 3.05) is 19.7 Å². The quantitative estimate of drug-likeness (QED) is 0.489. The maximum atomic E-state index is 13.3. The molecule has 3 aliphatic rings. The van der Waals surface area contributed by atoms with Crippen LogP contribution >= 0.6 is 0 Å². The average Bonchev–Trinajstić information content (AvgIpc) is 3.53. The van der Waals surface area contributed by atoms with Gasteiger partial charge in [0.15, 0.2) is 5.82 Å². The van der Waals surface area contributed by atoms with Gasteiger partial charge in [0, 0.05) is 24.3 Å². The molecule has 3 heterocycles. The molecule has 33 heavy (non-hydrogen) atoms. The highest BCUT2D eigenvalue weighted by Gasteiger charge is 2.51. The number of aliphatic imine (C=N–C) groups is 2. The summed E-state index contributed by atoms with van der Waals surface area (Å²) >= 11 is 0. The lowest BCUT2D eigenvalue weighted by Crippen LogP contribution is -2.50. The number of amides is 1. The summed E-state index contributed by atoms with van der Waals surface area (Å²) in [6, 6.07) is 0. The van der Waals surface area contributed by atoms with Crippen molar-refractivity contribution < 1.29 is 14.3 Å². The number of cyclic esters (lactones) is 1. The molecule has 1 saturated heterocycles. The average molecular weight is 455 g/mol. The minimum atomic E-state index is -0.331. The summed E-state index contributed by atoms with van der Waals surface area (Å²) in [6.07, 6.45) is 7.29. The summed E-state index contributed by atoms with van der Waals surface area (Å²) in [5.41, 5.74) is 1.78. The van der Waals surface area contributed by atoms with Crippen LogP contribution in [0, 0.1) is 5.41 Å². The Hall–Kier alpha value is -3.21. The van der Waals surface area contributed by atoms with Crippen LogP contribution in [0.4, 0.5) is 0 Å². The smallest absolute Gasteiger partial charge is 0.336 e. The molecule has 0 unspecified atom stereocenters. The van der Waals surface area contributed by atoms with Gasteiger partial charge in [0.05, 0.1) is 22.9 Å². The monoisotopic (exact) mass is 454 g/mol. The van der Waals surface area contributed by atoms with Gasteiger partial charge in [-0.15, -0.1) is 5.10 Å². The largest absolute Gasteiger partial charge is 0.456 e. The van der Waals surface area contributed by atoms with E-state index in [1.807, 2.05) is 6.92 Å². The van der Waals surface area contributed by atoms with Crippen LogP contribution in [0.3, 0.4) is 0 Å². The van der Waals surface area contributed by atoms with Crippen molar-refractivity contribution in [1.82, 2.24) is 30.4 Å². The van der Waals surface area contributed by atoms with E-state index in [0.717, 1.165) is 43.5 Å². The van der Waals surface area contributed by atoms with Gasteiger partial charge < -0.3 is 15.0 Å². The molecule has 0 atom stereocenters. The zero-order chi connectivity index (χ0) is 23.6. The fourth-order valence-electron chi connectivity index (χ4n) is 4.74. The number of tetrazole rings is 1. The predicted octanol–water partition coefficient (Wildman–Crippen LogP) is 1.56. The van der Waals surface area contributed by atoms with Crippen molar-refractivity contribution in [2.45, 2.75) is 58.4 Å². The summed E-state index contributed by atoms with van der Waals surface area (Å²) < 4.78 is 6.51. The Morgan fingerprint density at radius 2 is 2.06 bits per heavy atom. The van der Waals surface area contributed by atoms with Crippen molar-refractivity contribution in [3.8, 4) is 0 Å². The van der Waals surface area contributed by atoms with Crippen LogP contribution in [0.2, 0.25) is 0 Å². The van der Waals surface area contributed by atoms with E-state index in [1.54, 1.807) is 18.0 Å². The first-order valence-electron chi connectivity index (χ1n) is 11.1. The Labute approximate surface area is 192 Å². The SMILES string of the molecule is C=N/C(=C\N=C(/C)CNC1(C)CCC2(CCN(C3=C(C)C(=O)OC3)C2=O)CC1)n1cnnn1. The van der Waals surface area contributed by atoms with Crippen LogP contribution in [0.1, 0.15) is 52.9 Å². The van der Waals surface area contributed by atoms with E-state index < -0.39 is 0 Å². The van der Waals surface area contributed by atoms with Gasteiger partial charge in [-0.05, 0) is 70.0 Å². The molecule has 1 aliphatic carbocycles. The second kappa shape index (κ2) is 8.97. The first-order chi connectivity index (χ1) is 15.8. The Balaban J connectivity index is 1.34. The molecule has 1 aromatic heterocycles. The van der Waals surface area contributed by atoms with Crippen LogP contribution < -0.4 is 5.32 Å². The molecule has 1 spiro atoms. The number of nitrogens with one attached hydrogen (secondary N) is 1. The third-order valence-electron chi connectivity index (χ3n) is 7.15.